The molecule has 0 aromatic carbocycles. The van der Waals surface area contributed by atoms with Gasteiger partial charge >= 0.3 is 5.97 Å². The molecule has 0 heterocycles. The Morgan fingerprint density at radius 1 is 0.400 bits per heavy atom. The van der Waals surface area contributed by atoms with E-state index in [1.807, 2.05) is 0 Å². The highest BCUT2D eigenvalue weighted by Crippen LogP contribution is 2.17. The Hall–Kier alpha value is -1.92. The molecule has 6 heteroatoms. The number of carbonyl (C=O) groups excluding carboxylic acids is 2. The van der Waals surface area contributed by atoms with Crippen LogP contribution in [0.4, 0.5) is 0 Å². The molecule has 0 aliphatic heterocycles. The van der Waals surface area contributed by atoms with Crippen molar-refractivity contribution in [3.63, 3.8) is 0 Å². The summed E-state index contributed by atoms with van der Waals surface area (Å²) in [6.07, 6.45) is 74.3. The van der Waals surface area contributed by atoms with Crippen molar-refractivity contribution in [2.45, 2.75) is 347 Å². The van der Waals surface area contributed by atoms with Gasteiger partial charge in [0.2, 0.25) is 5.91 Å². The van der Waals surface area contributed by atoms with Crippen molar-refractivity contribution >= 4 is 11.9 Å². The van der Waals surface area contributed by atoms with E-state index in [9.17, 15) is 19.8 Å². The first-order valence-electron chi connectivity index (χ1n) is 31.3. The lowest BCUT2D eigenvalue weighted by atomic mass is 10.0. The van der Waals surface area contributed by atoms with Gasteiger partial charge in [-0.05, 0) is 83.5 Å². The smallest absolute Gasteiger partial charge is 0.305 e. The molecule has 412 valence electrons. The predicted molar refractivity (Wildman–Crippen MR) is 306 cm³/mol. The highest BCUT2D eigenvalue weighted by Gasteiger charge is 2.20. The highest BCUT2D eigenvalue weighted by atomic mass is 16.5. The lowest BCUT2D eigenvalue weighted by Gasteiger charge is -2.22. The van der Waals surface area contributed by atoms with Gasteiger partial charge in [-0.25, -0.2) is 0 Å². The topological polar surface area (TPSA) is 95.9 Å². The van der Waals surface area contributed by atoms with Crippen LogP contribution in [-0.4, -0.2) is 47.4 Å². The Bertz CT molecular complexity index is 1130. The fourth-order valence-electron chi connectivity index (χ4n) is 9.63. The van der Waals surface area contributed by atoms with Crippen molar-refractivity contribution in [3.05, 3.63) is 36.5 Å². The van der Waals surface area contributed by atoms with Gasteiger partial charge < -0.3 is 20.3 Å². The number of ether oxygens (including phenoxy) is 1. The summed E-state index contributed by atoms with van der Waals surface area (Å²) >= 11 is 0. The summed E-state index contributed by atoms with van der Waals surface area (Å²) in [5.74, 6) is -0.0794. The molecule has 0 spiro atoms. The van der Waals surface area contributed by atoms with Crippen molar-refractivity contribution in [2.24, 2.45) is 0 Å². The van der Waals surface area contributed by atoms with Crippen molar-refractivity contribution in [1.29, 1.82) is 0 Å². The molecular weight excluding hydrogens is 863 g/mol. The van der Waals surface area contributed by atoms with Gasteiger partial charge in [-0.1, -0.05) is 275 Å². The first-order chi connectivity index (χ1) is 34.5. The number of carbonyl (C=O) groups is 2. The number of hydrogen-bond donors (Lipinski definition) is 3. The van der Waals surface area contributed by atoms with Crippen LogP contribution in [-0.2, 0) is 14.3 Å². The number of amides is 1. The minimum absolute atomic E-state index is 0.0245. The summed E-state index contributed by atoms with van der Waals surface area (Å²) in [5.41, 5.74) is 0. The zero-order valence-corrected chi connectivity index (χ0v) is 47.0. The van der Waals surface area contributed by atoms with Gasteiger partial charge in [0.1, 0.15) is 0 Å². The van der Waals surface area contributed by atoms with E-state index in [0.717, 1.165) is 77.0 Å². The number of esters is 1. The van der Waals surface area contributed by atoms with Crippen molar-refractivity contribution < 1.29 is 24.5 Å². The number of nitrogens with one attached hydrogen (secondary N) is 1. The Balaban J connectivity index is 3.50. The van der Waals surface area contributed by atoms with E-state index in [1.165, 1.54) is 225 Å². The van der Waals surface area contributed by atoms with Crippen LogP contribution in [0.3, 0.4) is 0 Å². The molecule has 0 aliphatic rings. The van der Waals surface area contributed by atoms with E-state index >= 15 is 0 Å². The standard InChI is InChI=1S/C64H121NO5/c1-3-5-7-9-11-13-15-17-19-21-22-23-24-26-28-32-36-40-44-48-52-56-62(67)61(60-66)65-63(68)57-53-49-45-41-37-33-29-27-31-35-39-43-47-51-55-59-70-64(69)58-54-50-46-42-38-34-30-25-20-18-16-14-12-10-8-6-4-2/h18,20,27,31,35,39,61-62,66-67H,3-17,19,21-26,28-30,32-34,36-38,40-60H2,1-2H3,(H,65,68)/b20-18-,31-27-,39-35-. The van der Waals surface area contributed by atoms with Crippen molar-refractivity contribution in [2.75, 3.05) is 13.2 Å². The van der Waals surface area contributed by atoms with Gasteiger partial charge in [-0.3, -0.25) is 9.59 Å². The van der Waals surface area contributed by atoms with Crippen LogP contribution in [0.25, 0.3) is 0 Å². The summed E-state index contributed by atoms with van der Waals surface area (Å²) in [7, 11) is 0. The van der Waals surface area contributed by atoms with Crippen LogP contribution in [0, 0.1) is 0 Å². The summed E-state index contributed by atoms with van der Waals surface area (Å²) in [6, 6.07) is -0.560. The third-order valence-electron chi connectivity index (χ3n) is 14.4. The third-order valence-corrected chi connectivity index (χ3v) is 14.4. The number of allylic oxidation sites excluding steroid dienone is 6. The van der Waals surface area contributed by atoms with Crippen molar-refractivity contribution in [3.8, 4) is 0 Å². The zero-order valence-electron chi connectivity index (χ0n) is 47.0. The first kappa shape index (κ1) is 68.1. The maximum Gasteiger partial charge on any atom is 0.305 e. The van der Waals surface area contributed by atoms with Crippen LogP contribution in [0.2, 0.25) is 0 Å². The van der Waals surface area contributed by atoms with Gasteiger partial charge in [0.25, 0.3) is 0 Å². The van der Waals surface area contributed by atoms with Crippen LogP contribution >= 0.6 is 0 Å². The van der Waals surface area contributed by atoms with Crippen molar-refractivity contribution in [1.82, 2.24) is 5.32 Å². The zero-order chi connectivity index (χ0) is 50.7. The summed E-state index contributed by atoms with van der Waals surface area (Å²) in [5, 5.41) is 23.3. The fraction of sp³-hybridized carbons (Fsp3) is 0.875. The Kier molecular flexibility index (Phi) is 58.0. The van der Waals surface area contributed by atoms with Crippen LogP contribution in [0.1, 0.15) is 335 Å². The minimum atomic E-state index is -0.680. The third kappa shape index (κ3) is 55.4. The molecule has 0 radical (unpaired) electrons. The second kappa shape index (κ2) is 59.6. The van der Waals surface area contributed by atoms with Gasteiger partial charge in [0.05, 0.1) is 25.4 Å². The molecule has 6 nitrogen and oxygen atoms in total. The van der Waals surface area contributed by atoms with Gasteiger partial charge in [-0.2, -0.15) is 0 Å². The molecule has 70 heavy (non-hydrogen) atoms. The molecular formula is C64H121NO5. The number of hydrogen-bond acceptors (Lipinski definition) is 5. The maximum atomic E-state index is 12.5. The second-order valence-electron chi connectivity index (χ2n) is 21.4. The van der Waals surface area contributed by atoms with E-state index in [1.54, 1.807) is 0 Å². The summed E-state index contributed by atoms with van der Waals surface area (Å²) < 4.78 is 5.46. The van der Waals surface area contributed by atoms with Gasteiger partial charge in [0.15, 0.2) is 0 Å². The second-order valence-corrected chi connectivity index (χ2v) is 21.4. The SMILES string of the molecule is CCCCCCCC/C=C\CCCCCCCCCC(=O)OCCCCC/C=C\C=C/CCCCCCCCC(=O)NC(CO)C(O)CCCCCCCCCCCCCCCCCCCCCCC. The van der Waals surface area contributed by atoms with Crippen LogP contribution in [0.15, 0.2) is 36.5 Å². The number of rotatable bonds is 58. The van der Waals surface area contributed by atoms with E-state index in [0.29, 0.717) is 25.9 Å². The quantitative estimate of drug-likeness (QED) is 0.0244. The summed E-state index contributed by atoms with van der Waals surface area (Å²) in [6.45, 7) is 4.91. The van der Waals surface area contributed by atoms with Gasteiger partial charge in [-0.15, -0.1) is 0 Å². The van der Waals surface area contributed by atoms with Crippen LogP contribution in [0.5, 0.6) is 0 Å². The lowest BCUT2D eigenvalue weighted by molar-refractivity contribution is -0.143. The number of aliphatic hydroxyl groups is 2. The molecule has 0 saturated heterocycles. The fourth-order valence-corrected chi connectivity index (χ4v) is 9.63. The van der Waals surface area contributed by atoms with E-state index in [2.05, 4.69) is 55.6 Å². The minimum Gasteiger partial charge on any atom is -0.466 e. The average molecular weight is 985 g/mol. The first-order valence-corrected chi connectivity index (χ1v) is 31.3. The molecule has 2 atom stereocenters. The molecule has 3 N–H and O–H groups in total. The molecule has 0 saturated carbocycles. The molecule has 0 fully saturated rings. The molecule has 0 bridgehead atoms. The normalized spacial score (nSPS) is 12.8. The maximum absolute atomic E-state index is 12.5. The van der Waals surface area contributed by atoms with Gasteiger partial charge in [0, 0.05) is 12.8 Å². The monoisotopic (exact) mass is 984 g/mol. The molecule has 2 unspecified atom stereocenters. The van der Waals surface area contributed by atoms with E-state index < -0.39 is 12.1 Å². The molecule has 0 rings (SSSR count). The Morgan fingerprint density at radius 3 is 1.10 bits per heavy atom. The number of unbranched alkanes of at least 4 members (excludes halogenated alkanes) is 42. The van der Waals surface area contributed by atoms with E-state index in [4.69, 9.17) is 4.74 Å². The molecule has 0 aromatic heterocycles. The number of aliphatic hydroxyl groups excluding tert-OH is 2. The molecule has 0 aliphatic carbocycles. The Morgan fingerprint density at radius 2 is 0.714 bits per heavy atom. The Labute approximate surface area is 436 Å². The molecule has 1 amide bonds. The summed E-state index contributed by atoms with van der Waals surface area (Å²) in [4.78, 5) is 24.6. The highest BCUT2D eigenvalue weighted by molar-refractivity contribution is 5.76. The van der Waals surface area contributed by atoms with Crippen LogP contribution < -0.4 is 5.32 Å². The predicted octanol–water partition coefficient (Wildman–Crippen LogP) is 19.6. The average Bonchev–Trinajstić information content (AvgIpc) is 3.36. The lowest BCUT2D eigenvalue weighted by Crippen LogP contribution is -2.45. The molecule has 0 aromatic rings. The van der Waals surface area contributed by atoms with E-state index in [-0.39, 0.29) is 18.5 Å². The largest absolute Gasteiger partial charge is 0.466 e.